The molecule has 1 aromatic rings. The molecule has 2 N–H and O–H groups in total. The molecule has 2 saturated heterocycles. The summed E-state index contributed by atoms with van der Waals surface area (Å²) in [5.41, 5.74) is 1.61. The fourth-order valence-corrected chi connectivity index (χ4v) is 2.51. The number of hydrogen-bond acceptors (Lipinski definition) is 4. The lowest BCUT2D eigenvalue weighted by atomic mass is 9.98. The number of hydrogen-bond donors (Lipinski definition) is 2. The standard InChI is InChI=1S/C15H18N2O4/c18-13-5-4-11(9-16-13)14(19)17-12-3-1-2-10(8-12)15-20-6-7-21-15/h1-3,8,11,15H,4-7,9H2,(H,16,18)(H,17,19). The molecule has 6 nitrogen and oxygen atoms in total. The monoisotopic (exact) mass is 290 g/mol. The Morgan fingerprint density at radius 2 is 2.10 bits per heavy atom. The van der Waals surface area contributed by atoms with Crippen LogP contribution in [-0.4, -0.2) is 31.6 Å². The molecule has 0 spiro atoms. The molecule has 2 aliphatic heterocycles. The first-order valence-electron chi connectivity index (χ1n) is 7.13. The van der Waals surface area contributed by atoms with Gasteiger partial charge in [0.2, 0.25) is 11.8 Å². The number of carbonyl (C=O) groups excluding carboxylic acids is 2. The maximum absolute atomic E-state index is 12.2. The van der Waals surface area contributed by atoms with Gasteiger partial charge in [0.15, 0.2) is 6.29 Å². The summed E-state index contributed by atoms with van der Waals surface area (Å²) >= 11 is 0. The molecule has 0 radical (unpaired) electrons. The van der Waals surface area contributed by atoms with Crippen LogP contribution in [0.4, 0.5) is 5.69 Å². The third-order valence-electron chi connectivity index (χ3n) is 3.68. The number of benzene rings is 1. The van der Waals surface area contributed by atoms with E-state index in [0.717, 1.165) is 5.56 Å². The summed E-state index contributed by atoms with van der Waals surface area (Å²) in [7, 11) is 0. The number of ether oxygens (including phenoxy) is 2. The smallest absolute Gasteiger partial charge is 0.229 e. The molecule has 1 aromatic carbocycles. The lowest BCUT2D eigenvalue weighted by Gasteiger charge is -2.21. The average molecular weight is 290 g/mol. The van der Waals surface area contributed by atoms with Crippen molar-refractivity contribution in [2.24, 2.45) is 5.92 Å². The molecule has 6 heteroatoms. The van der Waals surface area contributed by atoms with Crippen LogP contribution in [0.2, 0.25) is 0 Å². The van der Waals surface area contributed by atoms with Crippen LogP contribution in [0.3, 0.4) is 0 Å². The normalized spacial score (nSPS) is 22.9. The van der Waals surface area contributed by atoms with Gasteiger partial charge in [-0.1, -0.05) is 12.1 Å². The van der Waals surface area contributed by atoms with Crippen LogP contribution in [0, 0.1) is 5.92 Å². The van der Waals surface area contributed by atoms with Crippen molar-refractivity contribution < 1.29 is 19.1 Å². The second-order valence-corrected chi connectivity index (χ2v) is 5.23. The van der Waals surface area contributed by atoms with E-state index in [1.165, 1.54) is 0 Å². The highest BCUT2D eigenvalue weighted by molar-refractivity contribution is 5.94. The van der Waals surface area contributed by atoms with E-state index in [9.17, 15) is 9.59 Å². The summed E-state index contributed by atoms with van der Waals surface area (Å²) in [5, 5.41) is 5.60. The summed E-state index contributed by atoms with van der Waals surface area (Å²) in [6.45, 7) is 1.57. The first-order chi connectivity index (χ1) is 10.2. The molecule has 2 heterocycles. The first kappa shape index (κ1) is 14.0. The van der Waals surface area contributed by atoms with E-state index >= 15 is 0 Å². The van der Waals surface area contributed by atoms with Crippen molar-refractivity contribution in [3.63, 3.8) is 0 Å². The number of nitrogens with one attached hydrogen (secondary N) is 2. The molecule has 1 unspecified atom stereocenters. The number of rotatable bonds is 3. The van der Waals surface area contributed by atoms with Crippen LogP contribution in [0.1, 0.15) is 24.7 Å². The third-order valence-corrected chi connectivity index (χ3v) is 3.68. The lowest BCUT2D eigenvalue weighted by molar-refractivity contribution is -0.126. The Labute approximate surface area is 122 Å². The number of piperidine rings is 1. The van der Waals surface area contributed by atoms with Gasteiger partial charge in [0.05, 0.1) is 19.1 Å². The van der Waals surface area contributed by atoms with Crippen molar-refractivity contribution in [1.82, 2.24) is 5.32 Å². The molecular weight excluding hydrogens is 272 g/mol. The maximum atomic E-state index is 12.2. The second kappa shape index (κ2) is 6.24. The van der Waals surface area contributed by atoms with Gasteiger partial charge in [-0.2, -0.15) is 0 Å². The molecule has 2 aliphatic rings. The Morgan fingerprint density at radius 1 is 1.29 bits per heavy atom. The molecule has 112 valence electrons. The highest BCUT2D eigenvalue weighted by atomic mass is 16.7. The molecule has 3 rings (SSSR count). The average Bonchev–Trinajstić information content (AvgIpc) is 3.02. The summed E-state index contributed by atoms with van der Waals surface area (Å²) in [4.78, 5) is 23.3. The topological polar surface area (TPSA) is 76.7 Å². The Kier molecular flexibility index (Phi) is 4.17. The van der Waals surface area contributed by atoms with Crippen molar-refractivity contribution in [3.8, 4) is 0 Å². The molecule has 2 amide bonds. The third kappa shape index (κ3) is 3.40. The number of anilines is 1. The van der Waals surface area contributed by atoms with E-state index in [4.69, 9.17) is 9.47 Å². The van der Waals surface area contributed by atoms with Crippen LogP contribution >= 0.6 is 0 Å². The minimum absolute atomic E-state index is 0.0107. The SMILES string of the molecule is O=C1CCC(C(=O)Nc2cccc(C3OCCO3)c2)CN1. The van der Waals surface area contributed by atoms with Crippen LogP contribution < -0.4 is 10.6 Å². The van der Waals surface area contributed by atoms with Gasteiger partial charge in [-0.3, -0.25) is 9.59 Å². The summed E-state index contributed by atoms with van der Waals surface area (Å²) in [6, 6.07) is 7.46. The zero-order chi connectivity index (χ0) is 14.7. The fraction of sp³-hybridized carbons (Fsp3) is 0.467. The van der Waals surface area contributed by atoms with Crippen LogP contribution in [0.25, 0.3) is 0 Å². The Bertz CT molecular complexity index is 530. The highest BCUT2D eigenvalue weighted by Gasteiger charge is 2.25. The van der Waals surface area contributed by atoms with Gasteiger partial charge in [-0.05, 0) is 18.6 Å². The molecule has 0 aromatic heterocycles. The fourth-order valence-electron chi connectivity index (χ4n) is 2.51. The molecule has 0 saturated carbocycles. The Hall–Kier alpha value is -1.92. The van der Waals surface area contributed by atoms with Crippen molar-refractivity contribution in [2.45, 2.75) is 19.1 Å². The van der Waals surface area contributed by atoms with Crippen molar-refractivity contribution in [1.29, 1.82) is 0 Å². The predicted molar refractivity (Wildman–Crippen MR) is 75.5 cm³/mol. The van der Waals surface area contributed by atoms with Crippen LogP contribution in [-0.2, 0) is 19.1 Å². The van der Waals surface area contributed by atoms with E-state index in [-0.39, 0.29) is 24.0 Å². The van der Waals surface area contributed by atoms with Gasteiger partial charge >= 0.3 is 0 Å². The summed E-state index contributed by atoms with van der Waals surface area (Å²) < 4.78 is 10.9. The summed E-state index contributed by atoms with van der Waals surface area (Å²) in [6.07, 6.45) is 0.643. The van der Waals surface area contributed by atoms with E-state index in [2.05, 4.69) is 10.6 Å². The Morgan fingerprint density at radius 3 is 2.81 bits per heavy atom. The molecular formula is C15H18N2O4. The van der Waals surface area contributed by atoms with E-state index in [0.29, 0.717) is 38.3 Å². The minimum Gasteiger partial charge on any atom is -0.355 e. The molecule has 0 bridgehead atoms. The van der Waals surface area contributed by atoms with E-state index in [1.807, 2.05) is 24.3 Å². The van der Waals surface area contributed by atoms with Gasteiger partial charge in [0, 0.05) is 24.2 Å². The van der Waals surface area contributed by atoms with Crippen LogP contribution in [0.15, 0.2) is 24.3 Å². The molecule has 0 aliphatic carbocycles. The van der Waals surface area contributed by atoms with Gasteiger partial charge in [0.1, 0.15) is 0 Å². The zero-order valence-electron chi connectivity index (χ0n) is 11.6. The van der Waals surface area contributed by atoms with Crippen molar-refractivity contribution in [2.75, 3.05) is 25.1 Å². The van der Waals surface area contributed by atoms with Crippen molar-refractivity contribution in [3.05, 3.63) is 29.8 Å². The van der Waals surface area contributed by atoms with Crippen molar-refractivity contribution >= 4 is 17.5 Å². The van der Waals surface area contributed by atoms with Crippen LogP contribution in [0.5, 0.6) is 0 Å². The molecule has 2 fully saturated rings. The first-order valence-corrected chi connectivity index (χ1v) is 7.13. The highest BCUT2D eigenvalue weighted by Crippen LogP contribution is 2.25. The lowest BCUT2D eigenvalue weighted by Crippen LogP contribution is -2.40. The molecule has 1 atom stereocenters. The quantitative estimate of drug-likeness (QED) is 0.877. The largest absolute Gasteiger partial charge is 0.355 e. The predicted octanol–water partition coefficient (Wildman–Crippen LogP) is 1.20. The van der Waals surface area contributed by atoms with E-state index < -0.39 is 0 Å². The second-order valence-electron chi connectivity index (χ2n) is 5.23. The summed E-state index contributed by atoms with van der Waals surface area (Å²) in [5.74, 6) is -0.234. The van der Waals surface area contributed by atoms with Gasteiger partial charge in [-0.25, -0.2) is 0 Å². The minimum atomic E-state index is -0.351. The van der Waals surface area contributed by atoms with Gasteiger partial charge in [0.25, 0.3) is 0 Å². The van der Waals surface area contributed by atoms with E-state index in [1.54, 1.807) is 0 Å². The number of amides is 2. The van der Waals surface area contributed by atoms with Gasteiger partial charge in [-0.15, -0.1) is 0 Å². The maximum Gasteiger partial charge on any atom is 0.229 e. The van der Waals surface area contributed by atoms with Gasteiger partial charge < -0.3 is 20.1 Å². The zero-order valence-corrected chi connectivity index (χ0v) is 11.6. The Balaban J connectivity index is 1.63. The number of carbonyl (C=O) groups is 2. The molecule has 21 heavy (non-hydrogen) atoms.